The van der Waals surface area contributed by atoms with Crippen LogP contribution in [-0.2, 0) is 6.54 Å². The standard InChI is InChI=1S/C11H16F3N3O2/c1-7(2)6-17-4-3-15-9(10(17)19)16-5-8(18)11(12,13)14/h3-4,7-8,18H,5-6H2,1-2H3,(H,15,16). The summed E-state index contributed by atoms with van der Waals surface area (Å²) in [6.07, 6.45) is -4.47. The van der Waals surface area contributed by atoms with E-state index in [1.165, 1.54) is 17.0 Å². The van der Waals surface area contributed by atoms with Gasteiger partial charge in [0.25, 0.3) is 5.56 Å². The van der Waals surface area contributed by atoms with Gasteiger partial charge in [0.2, 0.25) is 0 Å². The molecule has 0 aliphatic carbocycles. The van der Waals surface area contributed by atoms with E-state index in [-0.39, 0.29) is 11.7 Å². The molecule has 0 saturated heterocycles. The summed E-state index contributed by atoms with van der Waals surface area (Å²) in [6.45, 7) is 3.45. The van der Waals surface area contributed by atoms with Gasteiger partial charge in [-0.1, -0.05) is 13.8 Å². The number of rotatable bonds is 5. The molecule has 1 unspecified atom stereocenters. The lowest BCUT2D eigenvalue weighted by Gasteiger charge is -2.15. The second-order valence-electron chi connectivity index (χ2n) is 4.57. The van der Waals surface area contributed by atoms with E-state index in [2.05, 4.69) is 10.3 Å². The van der Waals surface area contributed by atoms with Gasteiger partial charge in [-0.25, -0.2) is 4.98 Å². The third-order valence-electron chi connectivity index (χ3n) is 2.32. The molecule has 1 aromatic rings. The molecule has 8 heteroatoms. The van der Waals surface area contributed by atoms with Crippen molar-refractivity contribution in [3.05, 3.63) is 22.7 Å². The minimum absolute atomic E-state index is 0.202. The Morgan fingerprint density at radius 2 is 2.11 bits per heavy atom. The molecule has 5 nitrogen and oxygen atoms in total. The van der Waals surface area contributed by atoms with Crippen LogP contribution in [0.3, 0.4) is 0 Å². The van der Waals surface area contributed by atoms with E-state index in [1.54, 1.807) is 0 Å². The Morgan fingerprint density at radius 1 is 1.47 bits per heavy atom. The van der Waals surface area contributed by atoms with Crippen molar-refractivity contribution in [3.63, 3.8) is 0 Å². The molecule has 0 saturated carbocycles. The second-order valence-corrected chi connectivity index (χ2v) is 4.57. The molecule has 108 valence electrons. The number of hydrogen-bond donors (Lipinski definition) is 2. The van der Waals surface area contributed by atoms with Crippen LogP contribution in [0.25, 0.3) is 0 Å². The first kappa shape index (κ1) is 15.5. The van der Waals surface area contributed by atoms with E-state index in [0.717, 1.165) is 0 Å². The molecule has 0 spiro atoms. The Morgan fingerprint density at radius 3 is 2.63 bits per heavy atom. The van der Waals surface area contributed by atoms with Crippen molar-refractivity contribution in [1.82, 2.24) is 9.55 Å². The molecule has 19 heavy (non-hydrogen) atoms. The Bertz CT molecular complexity index is 471. The lowest BCUT2D eigenvalue weighted by molar-refractivity contribution is -0.198. The first-order valence-electron chi connectivity index (χ1n) is 5.76. The van der Waals surface area contributed by atoms with E-state index in [0.29, 0.717) is 6.54 Å². The van der Waals surface area contributed by atoms with Crippen LogP contribution in [-0.4, -0.2) is 33.5 Å². The predicted octanol–water partition coefficient (Wildman–Crippen LogP) is 1.23. The maximum atomic E-state index is 12.1. The summed E-state index contributed by atoms with van der Waals surface area (Å²) in [5.74, 6) is 0.0140. The van der Waals surface area contributed by atoms with Gasteiger partial charge in [-0.05, 0) is 5.92 Å². The van der Waals surface area contributed by atoms with Crippen LogP contribution in [0, 0.1) is 5.92 Å². The van der Waals surface area contributed by atoms with Gasteiger partial charge in [-0.3, -0.25) is 4.79 Å². The number of aromatic nitrogens is 2. The van der Waals surface area contributed by atoms with Crippen molar-refractivity contribution in [2.45, 2.75) is 32.7 Å². The third kappa shape index (κ3) is 4.55. The van der Waals surface area contributed by atoms with Crippen LogP contribution in [0.4, 0.5) is 19.0 Å². The monoisotopic (exact) mass is 279 g/mol. The van der Waals surface area contributed by atoms with E-state index in [9.17, 15) is 18.0 Å². The SMILES string of the molecule is CC(C)Cn1ccnc(NCC(O)C(F)(F)F)c1=O. The molecule has 2 N–H and O–H groups in total. The molecule has 0 fully saturated rings. The lowest BCUT2D eigenvalue weighted by atomic mass is 10.2. The number of nitrogens with zero attached hydrogens (tertiary/aromatic N) is 2. The molecule has 0 aliphatic heterocycles. The number of aliphatic hydroxyl groups is 1. The van der Waals surface area contributed by atoms with Crippen LogP contribution < -0.4 is 10.9 Å². The fraction of sp³-hybridized carbons (Fsp3) is 0.636. The summed E-state index contributed by atoms with van der Waals surface area (Å²) in [5, 5.41) is 11.0. The van der Waals surface area contributed by atoms with Crippen molar-refractivity contribution in [2.24, 2.45) is 5.92 Å². The van der Waals surface area contributed by atoms with Crippen LogP contribution in [0.15, 0.2) is 17.2 Å². The van der Waals surface area contributed by atoms with Gasteiger partial charge in [0.05, 0.1) is 6.54 Å². The summed E-state index contributed by atoms with van der Waals surface area (Å²) in [6, 6.07) is 0. The largest absolute Gasteiger partial charge is 0.416 e. The van der Waals surface area contributed by atoms with Crippen molar-refractivity contribution in [2.75, 3.05) is 11.9 Å². The van der Waals surface area contributed by atoms with Crippen molar-refractivity contribution < 1.29 is 18.3 Å². The summed E-state index contributed by atoms with van der Waals surface area (Å²) >= 11 is 0. The zero-order chi connectivity index (χ0) is 14.6. The van der Waals surface area contributed by atoms with Crippen LogP contribution in [0.2, 0.25) is 0 Å². The summed E-state index contributed by atoms with van der Waals surface area (Å²) in [5.41, 5.74) is -0.509. The Hall–Kier alpha value is -1.57. The van der Waals surface area contributed by atoms with Crippen molar-refractivity contribution >= 4 is 5.82 Å². The quantitative estimate of drug-likeness (QED) is 0.851. The Balaban J connectivity index is 2.77. The Kier molecular flexibility index (Phi) is 4.93. The lowest BCUT2D eigenvalue weighted by Crippen LogP contribution is -2.37. The molecule has 0 aliphatic rings. The highest BCUT2D eigenvalue weighted by Gasteiger charge is 2.38. The summed E-state index contributed by atoms with van der Waals surface area (Å²) in [4.78, 5) is 15.5. The van der Waals surface area contributed by atoms with E-state index >= 15 is 0 Å². The number of alkyl halides is 3. The van der Waals surface area contributed by atoms with Crippen LogP contribution >= 0.6 is 0 Å². The predicted molar refractivity (Wildman–Crippen MR) is 63.9 cm³/mol. The van der Waals surface area contributed by atoms with Crippen molar-refractivity contribution in [3.8, 4) is 0 Å². The fourth-order valence-electron chi connectivity index (χ4n) is 1.41. The highest BCUT2D eigenvalue weighted by Crippen LogP contribution is 2.19. The van der Waals surface area contributed by atoms with Gasteiger partial charge in [0.15, 0.2) is 11.9 Å². The molecule has 0 amide bonds. The van der Waals surface area contributed by atoms with Gasteiger partial charge >= 0.3 is 6.18 Å². The molecule has 1 atom stereocenters. The van der Waals surface area contributed by atoms with Gasteiger partial charge in [0.1, 0.15) is 0 Å². The van der Waals surface area contributed by atoms with Gasteiger partial charge in [0, 0.05) is 18.9 Å². The highest BCUT2D eigenvalue weighted by atomic mass is 19.4. The van der Waals surface area contributed by atoms with E-state index in [4.69, 9.17) is 5.11 Å². The average molecular weight is 279 g/mol. The highest BCUT2D eigenvalue weighted by molar-refractivity contribution is 5.30. The summed E-state index contributed by atoms with van der Waals surface area (Å²) in [7, 11) is 0. The topological polar surface area (TPSA) is 67.2 Å². The van der Waals surface area contributed by atoms with Gasteiger partial charge in [-0.2, -0.15) is 13.2 Å². The van der Waals surface area contributed by atoms with Gasteiger partial charge in [-0.15, -0.1) is 0 Å². The van der Waals surface area contributed by atoms with Crippen molar-refractivity contribution in [1.29, 1.82) is 0 Å². The maximum Gasteiger partial charge on any atom is 0.416 e. The molecular weight excluding hydrogens is 263 g/mol. The third-order valence-corrected chi connectivity index (χ3v) is 2.32. The number of anilines is 1. The minimum atomic E-state index is -4.72. The Labute approximate surface area is 108 Å². The molecule has 1 heterocycles. The number of halogens is 3. The van der Waals surface area contributed by atoms with Crippen LogP contribution in [0.1, 0.15) is 13.8 Å². The maximum absolute atomic E-state index is 12.1. The number of nitrogens with one attached hydrogen (secondary N) is 1. The summed E-state index contributed by atoms with van der Waals surface area (Å²) < 4.78 is 37.7. The molecule has 1 rings (SSSR count). The average Bonchev–Trinajstić information content (AvgIpc) is 2.28. The minimum Gasteiger partial charge on any atom is -0.382 e. The molecule has 0 aromatic carbocycles. The first-order chi connectivity index (χ1) is 8.71. The number of aliphatic hydroxyl groups excluding tert-OH is 1. The normalized spacial score (nSPS) is 13.6. The molecular formula is C11H16F3N3O2. The fourth-order valence-corrected chi connectivity index (χ4v) is 1.41. The number of hydrogen-bond acceptors (Lipinski definition) is 4. The zero-order valence-electron chi connectivity index (χ0n) is 10.6. The first-order valence-corrected chi connectivity index (χ1v) is 5.76. The van der Waals surface area contributed by atoms with Gasteiger partial charge < -0.3 is 15.0 Å². The molecule has 0 radical (unpaired) electrons. The second kappa shape index (κ2) is 6.05. The molecule has 0 bridgehead atoms. The smallest absolute Gasteiger partial charge is 0.382 e. The van der Waals surface area contributed by atoms with Crippen LogP contribution in [0.5, 0.6) is 0 Å². The van der Waals surface area contributed by atoms with E-state index in [1.807, 2.05) is 13.8 Å². The van der Waals surface area contributed by atoms with E-state index < -0.39 is 24.4 Å². The zero-order valence-corrected chi connectivity index (χ0v) is 10.6. The molecule has 1 aromatic heterocycles.